The molecule has 0 radical (unpaired) electrons. The van der Waals surface area contributed by atoms with E-state index in [1.165, 1.54) is 7.11 Å². The molecular formula is C4H12ClN2O2P. The summed E-state index contributed by atoms with van der Waals surface area (Å²) < 4.78 is 15.9. The molecule has 0 fully saturated rings. The molecule has 0 aliphatic heterocycles. The maximum atomic E-state index is 11.2. The average Bonchev–Trinajstić information content (AvgIpc) is 2.00. The Labute approximate surface area is 65.8 Å². The minimum Gasteiger partial charge on any atom is -0.310 e. The van der Waals surface area contributed by atoms with Crippen LogP contribution in [0.2, 0.25) is 0 Å². The van der Waals surface area contributed by atoms with Crippen molar-refractivity contribution in [3.8, 4) is 0 Å². The van der Waals surface area contributed by atoms with Crippen LogP contribution in [0.1, 0.15) is 0 Å². The Morgan fingerprint density at radius 3 is 2.60 bits per heavy atom. The van der Waals surface area contributed by atoms with Crippen LogP contribution in [0.15, 0.2) is 0 Å². The van der Waals surface area contributed by atoms with E-state index in [0.717, 1.165) is 0 Å². The molecule has 62 valence electrons. The third-order valence-electron chi connectivity index (χ3n) is 0.966. The Kier molecular flexibility index (Phi) is 5.31. The topological polar surface area (TPSA) is 50.4 Å². The van der Waals surface area contributed by atoms with Gasteiger partial charge in [-0.1, -0.05) is 0 Å². The molecule has 0 bridgehead atoms. The van der Waals surface area contributed by atoms with Gasteiger partial charge >= 0.3 is 7.67 Å². The molecular weight excluding hydrogens is 174 g/mol. The van der Waals surface area contributed by atoms with Crippen molar-refractivity contribution in [1.29, 1.82) is 0 Å². The first-order valence-electron chi connectivity index (χ1n) is 2.84. The van der Waals surface area contributed by atoms with Crippen LogP contribution in [0.5, 0.6) is 0 Å². The predicted octanol–water partition coefficient (Wildman–Crippen LogP) is 0.789. The lowest BCUT2D eigenvalue weighted by Gasteiger charge is -2.14. The van der Waals surface area contributed by atoms with Crippen LogP contribution < -0.4 is 10.2 Å². The van der Waals surface area contributed by atoms with Gasteiger partial charge in [-0.05, 0) is 7.05 Å². The molecule has 0 aromatic carbocycles. The van der Waals surface area contributed by atoms with Gasteiger partial charge in [-0.2, -0.15) is 0 Å². The molecule has 2 N–H and O–H groups in total. The van der Waals surface area contributed by atoms with Crippen LogP contribution in [0.3, 0.4) is 0 Å². The normalized spacial score (nSPS) is 16.7. The number of hydrogen-bond donors (Lipinski definition) is 2. The van der Waals surface area contributed by atoms with Crippen molar-refractivity contribution in [3.05, 3.63) is 0 Å². The van der Waals surface area contributed by atoms with Crippen LogP contribution in [0, 0.1) is 0 Å². The van der Waals surface area contributed by atoms with Gasteiger partial charge in [0.25, 0.3) is 0 Å². The highest BCUT2D eigenvalue weighted by molar-refractivity contribution is 7.54. The summed E-state index contributed by atoms with van der Waals surface area (Å²) >= 11 is 5.35. The van der Waals surface area contributed by atoms with Crippen LogP contribution in [-0.2, 0) is 9.09 Å². The lowest BCUT2D eigenvalue weighted by molar-refractivity contribution is 0.375. The fraction of sp³-hybridized carbons (Fsp3) is 1.00. The highest BCUT2D eigenvalue weighted by Crippen LogP contribution is 2.34. The van der Waals surface area contributed by atoms with E-state index >= 15 is 0 Å². The first-order valence-corrected chi connectivity index (χ1v) is 5.00. The van der Waals surface area contributed by atoms with Crippen molar-refractivity contribution in [3.63, 3.8) is 0 Å². The molecule has 0 heterocycles. The van der Waals surface area contributed by atoms with Crippen molar-refractivity contribution < 1.29 is 9.09 Å². The van der Waals surface area contributed by atoms with Crippen LogP contribution in [0.4, 0.5) is 0 Å². The summed E-state index contributed by atoms with van der Waals surface area (Å²) in [6.07, 6.45) is 0. The molecule has 0 aliphatic carbocycles. The maximum Gasteiger partial charge on any atom is 0.340 e. The molecule has 0 rings (SSSR count). The van der Waals surface area contributed by atoms with E-state index in [4.69, 9.17) is 11.6 Å². The smallest absolute Gasteiger partial charge is 0.310 e. The van der Waals surface area contributed by atoms with Gasteiger partial charge < -0.3 is 4.52 Å². The van der Waals surface area contributed by atoms with Gasteiger partial charge in [0.05, 0.1) is 0 Å². The predicted molar refractivity (Wildman–Crippen MR) is 42.4 cm³/mol. The summed E-state index contributed by atoms with van der Waals surface area (Å²) in [7, 11) is 0.152. The maximum absolute atomic E-state index is 11.2. The molecule has 0 amide bonds. The zero-order valence-corrected chi connectivity index (χ0v) is 7.71. The van der Waals surface area contributed by atoms with Gasteiger partial charge in [0.1, 0.15) is 0 Å². The molecule has 4 nitrogen and oxygen atoms in total. The summed E-state index contributed by atoms with van der Waals surface area (Å²) in [6.45, 7) is 0.466. The van der Waals surface area contributed by atoms with Crippen molar-refractivity contribution in [2.45, 2.75) is 0 Å². The minimum absolute atomic E-state index is 0.412. The molecule has 0 aromatic heterocycles. The Hall–Kier alpha value is 0.400. The number of rotatable bonds is 5. The number of halogens is 1. The molecule has 0 aliphatic rings. The fourth-order valence-electron chi connectivity index (χ4n) is 0.424. The Morgan fingerprint density at radius 2 is 2.30 bits per heavy atom. The molecule has 0 aromatic rings. The van der Waals surface area contributed by atoms with Gasteiger partial charge in [0, 0.05) is 19.5 Å². The second-order valence-electron chi connectivity index (χ2n) is 1.55. The van der Waals surface area contributed by atoms with E-state index in [2.05, 4.69) is 14.7 Å². The van der Waals surface area contributed by atoms with E-state index in [1.54, 1.807) is 7.05 Å². The van der Waals surface area contributed by atoms with E-state index in [-0.39, 0.29) is 0 Å². The molecule has 10 heavy (non-hydrogen) atoms. The van der Waals surface area contributed by atoms with E-state index in [9.17, 15) is 4.57 Å². The Morgan fingerprint density at radius 1 is 1.70 bits per heavy atom. The number of nitrogens with one attached hydrogen (secondary N) is 2. The zero-order chi connectivity index (χ0) is 8.04. The van der Waals surface area contributed by atoms with Crippen LogP contribution in [-0.4, -0.2) is 26.6 Å². The summed E-state index contributed by atoms with van der Waals surface area (Å²) in [6, 6.07) is 0. The second kappa shape index (κ2) is 5.10. The molecule has 0 saturated heterocycles. The molecule has 0 saturated carbocycles. The monoisotopic (exact) mass is 186 g/mol. The quantitative estimate of drug-likeness (QED) is 0.492. The van der Waals surface area contributed by atoms with E-state index < -0.39 is 7.67 Å². The minimum atomic E-state index is -2.78. The second-order valence-corrected chi connectivity index (χ2v) is 4.16. The van der Waals surface area contributed by atoms with Crippen molar-refractivity contribution in [2.75, 3.05) is 26.6 Å². The molecule has 1 atom stereocenters. The average molecular weight is 187 g/mol. The van der Waals surface area contributed by atoms with Crippen molar-refractivity contribution in [2.24, 2.45) is 0 Å². The lowest BCUT2D eigenvalue weighted by atomic mass is 10.8. The number of alkyl halides is 1. The molecule has 6 heteroatoms. The van der Waals surface area contributed by atoms with Gasteiger partial charge in [-0.25, -0.2) is 10.2 Å². The van der Waals surface area contributed by atoms with E-state index in [1.807, 2.05) is 0 Å². The highest BCUT2D eigenvalue weighted by Gasteiger charge is 2.15. The SMILES string of the molecule is CNP(=O)(NCCCl)OC. The first-order chi connectivity index (χ1) is 4.68. The van der Waals surface area contributed by atoms with Crippen LogP contribution >= 0.6 is 19.3 Å². The largest absolute Gasteiger partial charge is 0.340 e. The van der Waals surface area contributed by atoms with Gasteiger partial charge in [-0.3, -0.25) is 4.57 Å². The third-order valence-corrected chi connectivity index (χ3v) is 2.90. The van der Waals surface area contributed by atoms with Crippen LogP contribution in [0.25, 0.3) is 0 Å². The van der Waals surface area contributed by atoms with Crippen molar-refractivity contribution >= 4 is 19.3 Å². The molecule has 1 unspecified atom stereocenters. The standard InChI is InChI=1S/C4H12ClN2O2P/c1-6-10(8,9-2)7-4-3-5/h3-4H2,1-2H3,(H2,6,7,8). The van der Waals surface area contributed by atoms with Crippen molar-refractivity contribution in [1.82, 2.24) is 10.2 Å². The number of hydrogen-bond acceptors (Lipinski definition) is 2. The first kappa shape index (κ1) is 10.4. The Balaban J connectivity index is 3.70. The summed E-state index contributed by atoms with van der Waals surface area (Å²) in [4.78, 5) is 0. The third kappa shape index (κ3) is 3.54. The summed E-state index contributed by atoms with van der Waals surface area (Å²) in [5.41, 5.74) is 0. The van der Waals surface area contributed by atoms with E-state index in [0.29, 0.717) is 12.4 Å². The highest BCUT2D eigenvalue weighted by atomic mass is 35.5. The summed E-state index contributed by atoms with van der Waals surface area (Å²) in [5.74, 6) is 0.412. The van der Waals surface area contributed by atoms with Gasteiger partial charge in [0.2, 0.25) is 0 Å². The fourth-order valence-corrected chi connectivity index (χ4v) is 1.53. The van der Waals surface area contributed by atoms with Gasteiger partial charge in [0.15, 0.2) is 0 Å². The van der Waals surface area contributed by atoms with Gasteiger partial charge in [-0.15, -0.1) is 11.6 Å². The Bertz CT molecular complexity index is 124. The zero-order valence-electron chi connectivity index (χ0n) is 6.06. The lowest BCUT2D eigenvalue weighted by Crippen LogP contribution is -2.22. The molecule has 0 spiro atoms. The summed E-state index contributed by atoms with van der Waals surface area (Å²) in [5, 5.41) is 5.16.